The molecule has 3 rings (SSSR count). The number of hydrogen-bond donors (Lipinski definition) is 2. The van der Waals surface area contributed by atoms with Gasteiger partial charge in [0.1, 0.15) is 17.5 Å². The lowest BCUT2D eigenvalue weighted by atomic mass is 10.0. The molecule has 1 aliphatic heterocycles. The van der Waals surface area contributed by atoms with E-state index in [-0.39, 0.29) is 49.0 Å². The topological polar surface area (TPSA) is 108 Å². The van der Waals surface area contributed by atoms with Crippen LogP contribution in [0, 0.1) is 5.82 Å². The minimum absolute atomic E-state index is 0.0645. The quantitative estimate of drug-likeness (QED) is 0.688. The van der Waals surface area contributed by atoms with E-state index < -0.39 is 0 Å². The number of likely N-dealkylation sites (N-methyl/N-ethyl adjacent to an activating group) is 1. The van der Waals surface area contributed by atoms with Gasteiger partial charge in [-0.15, -0.1) is 0 Å². The van der Waals surface area contributed by atoms with Crippen LogP contribution in [-0.4, -0.2) is 59.8 Å². The van der Waals surface area contributed by atoms with Gasteiger partial charge in [0.15, 0.2) is 0 Å². The Balaban J connectivity index is 1.76. The summed E-state index contributed by atoms with van der Waals surface area (Å²) in [6.45, 7) is 1.82. The first-order valence-electron chi connectivity index (χ1n) is 9.86. The van der Waals surface area contributed by atoms with Crippen molar-refractivity contribution in [2.24, 2.45) is 0 Å². The third-order valence-corrected chi connectivity index (χ3v) is 5.02. The summed E-state index contributed by atoms with van der Waals surface area (Å²) in [5, 5.41) is 5.45. The number of carbonyl (C=O) groups excluding carboxylic acids is 3. The van der Waals surface area contributed by atoms with Crippen LogP contribution < -0.4 is 15.5 Å². The van der Waals surface area contributed by atoms with Crippen LogP contribution in [0.1, 0.15) is 30.8 Å². The van der Waals surface area contributed by atoms with E-state index in [0.717, 1.165) is 0 Å². The molecule has 0 saturated carbocycles. The summed E-state index contributed by atoms with van der Waals surface area (Å²) in [5.74, 6) is -0.133. The largest absolute Gasteiger partial charge is 0.373 e. The molecule has 2 heterocycles. The van der Waals surface area contributed by atoms with Crippen LogP contribution >= 0.6 is 0 Å². The number of nitrogens with one attached hydrogen (secondary N) is 2. The third-order valence-electron chi connectivity index (χ3n) is 5.02. The number of nitrogens with zero attached hydrogens (tertiary/aromatic N) is 4. The van der Waals surface area contributed by atoms with Gasteiger partial charge in [-0.25, -0.2) is 14.4 Å². The van der Waals surface area contributed by atoms with Crippen LogP contribution in [0.15, 0.2) is 30.3 Å². The summed E-state index contributed by atoms with van der Waals surface area (Å²) < 4.78 is 13.2. The third kappa shape index (κ3) is 5.53. The van der Waals surface area contributed by atoms with Crippen LogP contribution in [-0.2, 0) is 20.9 Å². The Morgan fingerprint density at radius 2 is 1.97 bits per heavy atom. The van der Waals surface area contributed by atoms with Crippen LogP contribution in [0.4, 0.5) is 15.9 Å². The van der Waals surface area contributed by atoms with E-state index in [1.807, 2.05) is 0 Å². The zero-order valence-electron chi connectivity index (χ0n) is 17.7. The normalized spacial score (nSPS) is 15.7. The second-order valence-corrected chi connectivity index (χ2v) is 7.39. The van der Waals surface area contributed by atoms with Gasteiger partial charge < -0.3 is 20.4 Å². The highest BCUT2D eigenvalue weighted by Crippen LogP contribution is 2.31. The highest BCUT2D eigenvalue weighted by Gasteiger charge is 2.33. The van der Waals surface area contributed by atoms with Gasteiger partial charge in [-0.1, -0.05) is 0 Å². The summed E-state index contributed by atoms with van der Waals surface area (Å²) in [6.07, 6.45) is 0.272. The van der Waals surface area contributed by atoms with Gasteiger partial charge in [0.05, 0.1) is 18.8 Å². The van der Waals surface area contributed by atoms with Crippen LogP contribution in [0.3, 0.4) is 0 Å². The van der Waals surface area contributed by atoms with Crippen molar-refractivity contribution in [3.05, 3.63) is 47.7 Å². The second kappa shape index (κ2) is 9.50. The molecule has 164 valence electrons. The van der Waals surface area contributed by atoms with E-state index in [1.165, 1.54) is 24.0 Å². The van der Waals surface area contributed by atoms with E-state index in [4.69, 9.17) is 0 Å². The molecule has 3 amide bonds. The monoisotopic (exact) mass is 428 g/mol. The van der Waals surface area contributed by atoms with Crippen LogP contribution in [0.5, 0.6) is 0 Å². The maximum absolute atomic E-state index is 13.2. The SMILES string of the molecule is CNc1cc([C@@H]2CC(=O)N(c3ccc(F)cc3)C2)nc(CN(C)C(=O)CNC(C)=O)n1. The molecule has 1 aromatic heterocycles. The Morgan fingerprint density at radius 3 is 2.61 bits per heavy atom. The molecule has 1 atom stereocenters. The molecule has 2 N–H and O–H groups in total. The highest BCUT2D eigenvalue weighted by atomic mass is 19.1. The second-order valence-electron chi connectivity index (χ2n) is 7.39. The van der Waals surface area contributed by atoms with Gasteiger partial charge in [0.25, 0.3) is 0 Å². The van der Waals surface area contributed by atoms with Crippen LogP contribution in [0.2, 0.25) is 0 Å². The number of halogens is 1. The van der Waals surface area contributed by atoms with E-state index in [0.29, 0.717) is 29.6 Å². The molecule has 1 aliphatic rings. The maximum Gasteiger partial charge on any atom is 0.242 e. The summed E-state index contributed by atoms with van der Waals surface area (Å²) in [7, 11) is 3.33. The smallest absolute Gasteiger partial charge is 0.242 e. The summed E-state index contributed by atoms with van der Waals surface area (Å²) >= 11 is 0. The van der Waals surface area contributed by atoms with Crippen molar-refractivity contribution >= 4 is 29.2 Å². The van der Waals surface area contributed by atoms with Crippen molar-refractivity contribution in [1.29, 1.82) is 0 Å². The summed E-state index contributed by atoms with van der Waals surface area (Å²) in [5.41, 5.74) is 1.33. The maximum atomic E-state index is 13.2. The fourth-order valence-corrected chi connectivity index (χ4v) is 3.34. The van der Waals surface area contributed by atoms with E-state index in [2.05, 4.69) is 20.6 Å². The van der Waals surface area contributed by atoms with Crippen molar-refractivity contribution < 1.29 is 18.8 Å². The number of anilines is 2. The minimum atomic E-state index is -0.358. The van der Waals surface area contributed by atoms with Gasteiger partial charge in [-0.3, -0.25) is 14.4 Å². The molecule has 10 heteroatoms. The molecule has 0 unspecified atom stereocenters. The number of hydrogen-bond acceptors (Lipinski definition) is 6. The Kier molecular flexibility index (Phi) is 6.78. The molecular weight excluding hydrogens is 403 g/mol. The first-order valence-corrected chi connectivity index (χ1v) is 9.86. The standard InChI is InChI=1S/C21H25FN6O3/c1-13(29)24-10-21(31)27(3)12-19-25-17(9-18(23-2)26-19)14-8-20(30)28(11-14)16-6-4-15(22)5-7-16/h4-7,9,14H,8,10-12H2,1-3H3,(H,24,29)(H,23,25,26)/t14-/m1/s1. The van der Waals surface area contributed by atoms with Gasteiger partial charge in [-0.05, 0) is 24.3 Å². The van der Waals surface area contributed by atoms with E-state index in [9.17, 15) is 18.8 Å². The van der Waals surface area contributed by atoms with Gasteiger partial charge in [0, 0.05) is 51.7 Å². The Morgan fingerprint density at radius 1 is 1.26 bits per heavy atom. The van der Waals surface area contributed by atoms with Crippen molar-refractivity contribution in [2.45, 2.75) is 25.8 Å². The van der Waals surface area contributed by atoms with Crippen molar-refractivity contribution in [3.8, 4) is 0 Å². The Hall–Kier alpha value is -3.56. The fraction of sp³-hybridized carbons (Fsp3) is 0.381. The minimum Gasteiger partial charge on any atom is -0.373 e. The number of benzene rings is 1. The molecule has 2 aromatic rings. The lowest BCUT2D eigenvalue weighted by Crippen LogP contribution is -2.37. The molecule has 0 spiro atoms. The average molecular weight is 428 g/mol. The molecular formula is C21H25FN6O3. The summed E-state index contributed by atoms with van der Waals surface area (Å²) in [4.78, 5) is 47.8. The number of amides is 3. The van der Waals surface area contributed by atoms with Crippen molar-refractivity contribution in [1.82, 2.24) is 20.2 Å². The first-order chi connectivity index (χ1) is 14.8. The molecule has 0 bridgehead atoms. The molecule has 0 radical (unpaired) electrons. The van der Waals surface area contributed by atoms with Gasteiger partial charge in [-0.2, -0.15) is 0 Å². The van der Waals surface area contributed by atoms with E-state index in [1.54, 1.807) is 37.2 Å². The lowest BCUT2D eigenvalue weighted by Gasteiger charge is -2.19. The number of carbonyl (C=O) groups is 3. The van der Waals surface area contributed by atoms with Crippen LogP contribution in [0.25, 0.3) is 0 Å². The highest BCUT2D eigenvalue weighted by molar-refractivity contribution is 5.96. The molecule has 1 aromatic carbocycles. The molecule has 0 aliphatic carbocycles. The fourth-order valence-electron chi connectivity index (χ4n) is 3.34. The van der Waals surface area contributed by atoms with E-state index >= 15 is 0 Å². The van der Waals surface area contributed by atoms with Crippen molar-refractivity contribution in [3.63, 3.8) is 0 Å². The molecule has 1 saturated heterocycles. The average Bonchev–Trinajstić information content (AvgIpc) is 3.13. The molecule has 9 nitrogen and oxygen atoms in total. The predicted molar refractivity (Wildman–Crippen MR) is 113 cm³/mol. The zero-order chi connectivity index (χ0) is 22.5. The Bertz CT molecular complexity index is 982. The van der Waals surface area contributed by atoms with Gasteiger partial charge in [0.2, 0.25) is 17.7 Å². The van der Waals surface area contributed by atoms with Crippen molar-refractivity contribution in [2.75, 3.05) is 37.4 Å². The predicted octanol–water partition coefficient (Wildman–Crippen LogP) is 1.27. The molecule has 31 heavy (non-hydrogen) atoms. The molecule has 1 fully saturated rings. The van der Waals surface area contributed by atoms with Gasteiger partial charge >= 0.3 is 0 Å². The Labute approximate surface area is 179 Å². The number of rotatable bonds is 7. The first kappa shape index (κ1) is 22.1. The lowest BCUT2D eigenvalue weighted by molar-refractivity contribution is -0.131. The zero-order valence-corrected chi connectivity index (χ0v) is 17.7. The summed E-state index contributed by atoms with van der Waals surface area (Å²) in [6, 6.07) is 7.59. The number of aromatic nitrogens is 2.